The minimum absolute atomic E-state index is 0.156. The van der Waals surface area contributed by atoms with Gasteiger partial charge in [0.25, 0.3) is 0 Å². The van der Waals surface area contributed by atoms with Gasteiger partial charge in [-0.05, 0) is 44.1 Å². The van der Waals surface area contributed by atoms with Crippen molar-refractivity contribution in [1.82, 2.24) is 15.1 Å². The van der Waals surface area contributed by atoms with E-state index in [1.807, 2.05) is 16.7 Å². The molecular formula is C16H27N3O2. The summed E-state index contributed by atoms with van der Waals surface area (Å²) in [5, 5.41) is 3.46. The van der Waals surface area contributed by atoms with Gasteiger partial charge in [-0.2, -0.15) is 0 Å². The third-order valence-corrected chi connectivity index (χ3v) is 5.63. The van der Waals surface area contributed by atoms with E-state index in [0.717, 1.165) is 58.4 Å². The van der Waals surface area contributed by atoms with Crippen LogP contribution < -0.4 is 5.32 Å². The van der Waals surface area contributed by atoms with E-state index in [2.05, 4.69) is 5.32 Å². The summed E-state index contributed by atoms with van der Waals surface area (Å²) in [6.07, 6.45) is 5.70. The molecule has 0 radical (unpaired) electrons. The quantitative estimate of drug-likeness (QED) is 0.844. The lowest BCUT2D eigenvalue weighted by molar-refractivity contribution is -0.145. The van der Waals surface area contributed by atoms with Gasteiger partial charge < -0.3 is 15.1 Å². The number of hydrogen-bond donors (Lipinski definition) is 1. The zero-order valence-corrected chi connectivity index (χ0v) is 13.1. The number of carbonyl (C=O) groups is 2. The molecule has 1 unspecified atom stereocenters. The van der Waals surface area contributed by atoms with Gasteiger partial charge in [0.1, 0.15) is 6.04 Å². The highest BCUT2D eigenvalue weighted by Crippen LogP contribution is 2.37. The average molecular weight is 293 g/mol. The zero-order chi connectivity index (χ0) is 14.9. The molecular weight excluding hydrogens is 266 g/mol. The fraction of sp³-hybridized carbons (Fsp3) is 0.875. The molecule has 3 aliphatic heterocycles. The van der Waals surface area contributed by atoms with Gasteiger partial charge in [-0.3, -0.25) is 9.59 Å². The van der Waals surface area contributed by atoms with Crippen molar-refractivity contribution in [3.63, 3.8) is 0 Å². The number of rotatable bonds is 3. The SMILES string of the molecule is CCC(C(=O)N1CCC2(CCNC2)CC1)N1CCCC1=O. The summed E-state index contributed by atoms with van der Waals surface area (Å²) in [6.45, 7) is 6.72. The maximum absolute atomic E-state index is 12.8. The molecule has 0 aromatic rings. The van der Waals surface area contributed by atoms with Gasteiger partial charge in [0.15, 0.2) is 0 Å². The van der Waals surface area contributed by atoms with Gasteiger partial charge in [0.05, 0.1) is 0 Å². The summed E-state index contributed by atoms with van der Waals surface area (Å²) in [6, 6.07) is -0.226. The van der Waals surface area contributed by atoms with Gasteiger partial charge in [-0.25, -0.2) is 0 Å². The molecule has 0 bridgehead atoms. The van der Waals surface area contributed by atoms with Crippen LogP contribution in [0.3, 0.4) is 0 Å². The van der Waals surface area contributed by atoms with Gasteiger partial charge in [-0.15, -0.1) is 0 Å². The van der Waals surface area contributed by atoms with E-state index in [4.69, 9.17) is 0 Å². The molecule has 2 amide bonds. The summed E-state index contributed by atoms with van der Waals surface area (Å²) in [5.74, 6) is 0.331. The predicted octanol–water partition coefficient (Wildman–Crippen LogP) is 0.989. The second kappa shape index (κ2) is 5.95. The van der Waals surface area contributed by atoms with Gasteiger partial charge in [-0.1, -0.05) is 6.92 Å². The summed E-state index contributed by atoms with van der Waals surface area (Å²) in [4.78, 5) is 28.5. The maximum Gasteiger partial charge on any atom is 0.245 e. The van der Waals surface area contributed by atoms with Crippen LogP contribution in [0.1, 0.15) is 45.4 Å². The zero-order valence-electron chi connectivity index (χ0n) is 13.1. The van der Waals surface area contributed by atoms with E-state index in [1.54, 1.807) is 0 Å². The Hall–Kier alpha value is -1.10. The lowest BCUT2D eigenvalue weighted by atomic mass is 9.77. The Morgan fingerprint density at radius 3 is 2.57 bits per heavy atom. The van der Waals surface area contributed by atoms with Crippen molar-refractivity contribution >= 4 is 11.8 Å². The van der Waals surface area contributed by atoms with Crippen LogP contribution in [0.2, 0.25) is 0 Å². The highest BCUT2D eigenvalue weighted by molar-refractivity contribution is 5.88. The number of piperidine rings is 1. The summed E-state index contributed by atoms with van der Waals surface area (Å²) in [7, 11) is 0. The third-order valence-electron chi connectivity index (χ3n) is 5.63. The van der Waals surface area contributed by atoms with Gasteiger partial charge in [0.2, 0.25) is 11.8 Å². The second-order valence-electron chi connectivity index (χ2n) is 6.87. The minimum Gasteiger partial charge on any atom is -0.341 e. The van der Waals surface area contributed by atoms with Crippen LogP contribution in [-0.2, 0) is 9.59 Å². The van der Waals surface area contributed by atoms with Crippen LogP contribution in [0.25, 0.3) is 0 Å². The van der Waals surface area contributed by atoms with Crippen molar-refractivity contribution in [2.24, 2.45) is 5.41 Å². The maximum atomic E-state index is 12.8. The monoisotopic (exact) mass is 293 g/mol. The molecule has 118 valence electrons. The first-order valence-corrected chi connectivity index (χ1v) is 8.44. The van der Waals surface area contributed by atoms with Crippen molar-refractivity contribution in [2.45, 2.75) is 51.5 Å². The van der Waals surface area contributed by atoms with Crippen LogP contribution in [0.4, 0.5) is 0 Å². The topological polar surface area (TPSA) is 52.7 Å². The largest absolute Gasteiger partial charge is 0.341 e. The van der Waals surface area contributed by atoms with E-state index < -0.39 is 0 Å². The molecule has 5 heteroatoms. The molecule has 0 saturated carbocycles. The van der Waals surface area contributed by atoms with Crippen LogP contribution >= 0.6 is 0 Å². The summed E-state index contributed by atoms with van der Waals surface area (Å²) in [5.41, 5.74) is 0.432. The van der Waals surface area contributed by atoms with Crippen LogP contribution in [-0.4, -0.2) is 60.4 Å². The average Bonchev–Trinajstić information content (AvgIpc) is 3.11. The van der Waals surface area contributed by atoms with E-state index in [1.165, 1.54) is 6.42 Å². The number of amides is 2. The van der Waals surface area contributed by atoms with Crippen molar-refractivity contribution in [3.8, 4) is 0 Å². The Bertz CT molecular complexity index is 408. The number of nitrogens with one attached hydrogen (secondary N) is 1. The highest BCUT2D eigenvalue weighted by atomic mass is 16.2. The van der Waals surface area contributed by atoms with Crippen molar-refractivity contribution in [2.75, 3.05) is 32.7 Å². The lowest BCUT2D eigenvalue weighted by Crippen LogP contribution is -2.52. The molecule has 3 heterocycles. The van der Waals surface area contributed by atoms with Crippen LogP contribution in [0.15, 0.2) is 0 Å². The molecule has 1 atom stereocenters. The predicted molar refractivity (Wildman–Crippen MR) is 80.8 cm³/mol. The van der Waals surface area contributed by atoms with Crippen LogP contribution in [0.5, 0.6) is 0 Å². The van der Waals surface area contributed by atoms with Crippen molar-refractivity contribution in [1.29, 1.82) is 0 Å². The molecule has 21 heavy (non-hydrogen) atoms. The number of hydrogen-bond acceptors (Lipinski definition) is 3. The molecule has 1 spiro atoms. The molecule has 1 N–H and O–H groups in total. The fourth-order valence-electron chi connectivity index (χ4n) is 4.16. The first-order valence-electron chi connectivity index (χ1n) is 8.44. The smallest absolute Gasteiger partial charge is 0.245 e. The number of likely N-dealkylation sites (tertiary alicyclic amines) is 2. The molecule has 0 aliphatic carbocycles. The van der Waals surface area contributed by atoms with Gasteiger partial charge >= 0.3 is 0 Å². The number of carbonyl (C=O) groups excluding carboxylic acids is 2. The second-order valence-corrected chi connectivity index (χ2v) is 6.87. The van der Waals surface area contributed by atoms with E-state index >= 15 is 0 Å². The number of nitrogens with zero attached hydrogens (tertiary/aromatic N) is 2. The Morgan fingerprint density at radius 1 is 1.29 bits per heavy atom. The Balaban J connectivity index is 1.61. The fourth-order valence-corrected chi connectivity index (χ4v) is 4.16. The van der Waals surface area contributed by atoms with Gasteiger partial charge in [0, 0.05) is 32.6 Å². The Kier molecular flexibility index (Phi) is 4.20. The molecule has 5 nitrogen and oxygen atoms in total. The molecule has 0 aromatic carbocycles. The first-order chi connectivity index (χ1) is 10.2. The van der Waals surface area contributed by atoms with E-state index in [0.29, 0.717) is 11.8 Å². The van der Waals surface area contributed by atoms with Crippen LogP contribution in [0, 0.1) is 5.41 Å². The molecule has 3 rings (SSSR count). The third kappa shape index (κ3) is 2.80. The van der Waals surface area contributed by atoms with Crippen molar-refractivity contribution in [3.05, 3.63) is 0 Å². The first kappa shape index (κ1) is 14.8. The molecule has 3 aliphatic rings. The summed E-state index contributed by atoms with van der Waals surface area (Å²) >= 11 is 0. The molecule has 3 saturated heterocycles. The Labute approximate surface area is 127 Å². The molecule has 3 fully saturated rings. The normalized spacial score (nSPS) is 26.6. The Morgan fingerprint density at radius 2 is 2.05 bits per heavy atom. The van der Waals surface area contributed by atoms with Crippen molar-refractivity contribution < 1.29 is 9.59 Å². The van der Waals surface area contributed by atoms with E-state index in [-0.39, 0.29) is 17.9 Å². The standard InChI is InChI=1S/C16H27N3O2/c1-2-13(19-9-3-4-14(19)20)15(21)18-10-6-16(7-11-18)5-8-17-12-16/h13,17H,2-12H2,1H3. The minimum atomic E-state index is -0.226. The summed E-state index contributed by atoms with van der Waals surface area (Å²) < 4.78 is 0. The lowest BCUT2D eigenvalue weighted by Gasteiger charge is -2.41. The highest BCUT2D eigenvalue weighted by Gasteiger charge is 2.40. The van der Waals surface area contributed by atoms with E-state index in [9.17, 15) is 9.59 Å². The molecule has 0 aromatic heterocycles.